The van der Waals surface area contributed by atoms with Gasteiger partial charge in [-0.15, -0.1) is 11.5 Å². The maximum Gasteiger partial charge on any atom is 0.341 e. The van der Waals surface area contributed by atoms with Gasteiger partial charge in [0.2, 0.25) is 5.95 Å². The average molecular weight is 426 g/mol. The number of carboxylic acid groups (broad SMARTS) is 1. The molecule has 2 aromatic carbocycles. The lowest BCUT2D eigenvalue weighted by Crippen LogP contribution is -2.09. The number of aromatic nitrogens is 5. The van der Waals surface area contributed by atoms with Crippen LogP contribution in [0.15, 0.2) is 60.8 Å². The molecule has 0 aliphatic carbocycles. The van der Waals surface area contributed by atoms with Gasteiger partial charge < -0.3 is 15.6 Å². The number of benzene rings is 2. The summed E-state index contributed by atoms with van der Waals surface area (Å²) < 4.78 is 6.86. The number of aliphatic carboxylic acids is 1. The van der Waals surface area contributed by atoms with Crippen molar-refractivity contribution in [2.45, 2.75) is 6.54 Å². The fourth-order valence-electron chi connectivity index (χ4n) is 3.07. The van der Waals surface area contributed by atoms with Crippen LogP contribution in [0.5, 0.6) is 5.75 Å². The molecule has 0 bridgehead atoms. The van der Waals surface area contributed by atoms with Crippen LogP contribution in [0.3, 0.4) is 0 Å². The van der Waals surface area contributed by atoms with Crippen LogP contribution >= 0.6 is 0 Å². The SMILES string of the molecule is C#Cc1cccc(-c2cc(-c3cn(Cc4cccc(OCC(=O)O)c4)nn3)nc(N)n2)c1. The van der Waals surface area contributed by atoms with Crippen LogP contribution in [0.2, 0.25) is 0 Å². The van der Waals surface area contributed by atoms with Gasteiger partial charge in [-0.1, -0.05) is 35.4 Å². The highest BCUT2D eigenvalue weighted by Crippen LogP contribution is 2.24. The lowest BCUT2D eigenvalue weighted by Gasteiger charge is -2.06. The number of nitrogens with zero attached hydrogens (tertiary/aromatic N) is 5. The minimum atomic E-state index is -1.04. The molecule has 0 fully saturated rings. The largest absolute Gasteiger partial charge is 0.482 e. The van der Waals surface area contributed by atoms with Crippen LogP contribution < -0.4 is 10.5 Å². The number of terminal acetylenes is 1. The van der Waals surface area contributed by atoms with Gasteiger partial charge in [0, 0.05) is 11.1 Å². The molecule has 2 aromatic heterocycles. The Balaban J connectivity index is 1.56. The van der Waals surface area contributed by atoms with Crippen molar-refractivity contribution in [1.82, 2.24) is 25.0 Å². The van der Waals surface area contributed by atoms with E-state index >= 15 is 0 Å². The maximum atomic E-state index is 10.7. The molecule has 9 heteroatoms. The standard InChI is InChI=1S/C23H18N6O3/c1-2-15-5-3-7-17(9-15)19-11-20(26-23(24)25-19)21-13-29(28-27-21)12-16-6-4-8-18(10-16)32-14-22(30)31/h1,3-11,13H,12,14H2,(H,30,31)(H2,24,25,26). The van der Waals surface area contributed by atoms with E-state index in [1.54, 1.807) is 35.1 Å². The van der Waals surface area contributed by atoms with Gasteiger partial charge in [-0.3, -0.25) is 0 Å². The summed E-state index contributed by atoms with van der Waals surface area (Å²) in [5, 5.41) is 17.1. The fraction of sp³-hybridized carbons (Fsp3) is 0.0870. The monoisotopic (exact) mass is 426 g/mol. The molecular weight excluding hydrogens is 408 g/mol. The van der Waals surface area contributed by atoms with Crippen molar-refractivity contribution in [3.8, 4) is 40.7 Å². The van der Waals surface area contributed by atoms with E-state index < -0.39 is 12.6 Å². The molecule has 0 saturated carbocycles. The van der Waals surface area contributed by atoms with Crippen LogP contribution in [-0.2, 0) is 11.3 Å². The lowest BCUT2D eigenvalue weighted by atomic mass is 10.1. The van der Waals surface area contributed by atoms with E-state index in [1.807, 2.05) is 30.3 Å². The lowest BCUT2D eigenvalue weighted by molar-refractivity contribution is -0.139. The number of hydrogen-bond acceptors (Lipinski definition) is 7. The summed E-state index contributed by atoms with van der Waals surface area (Å²) in [4.78, 5) is 19.3. The van der Waals surface area contributed by atoms with E-state index in [9.17, 15) is 4.79 Å². The highest BCUT2D eigenvalue weighted by molar-refractivity contribution is 5.69. The first kappa shape index (κ1) is 20.6. The van der Waals surface area contributed by atoms with Crippen molar-refractivity contribution < 1.29 is 14.6 Å². The van der Waals surface area contributed by atoms with Crippen LogP contribution in [-0.4, -0.2) is 42.6 Å². The summed E-state index contributed by atoms with van der Waals surface area (Å²) in [6.45, 7) is 0.00749. The van der Waals surface area contributed by atoms with Crippen LogP contribution in [0, 0.1) is 12.3 Å². The molecule has 0 aliphatic heterocycles. The van der Waals surface area contributed by atoms with Crippen molar-refractivity contribution in [3.05, 3.63) is 71.9 Å². The third-order valence-electron chi connectivity index (χ3n) is 4.47. The first-order valence-corrected chi connectivity index (χ1v) is 9.56. The molecule has 0 amide bonds. The third kappa shape index (κ3) is 4.88. The molecule has 2 heterocycles. The minimum absolute atomic E-state index is 0.112. The van der Waals surface area contributed by atoms with Crippen LogP contribution in [0.25, 0.3) is 22.6 Å². The Labute approximate surface area is 183 Å². The number of nitrogens with two attached hydrogens (primary N) is 1. The molecule has 4 rings (SSSR count). The van der Waals surface area contributed by atoms with Gasteiger partial charge in [0.25, 0.3) is 0 Å². The molecule has 0 atom stereocenters. The smallest absolute Gasteiger partial charge is 0.341 e. The Morgan fingerprint density at radius 3 is 2.72 bits per heavy atom. The molecule has 4 aromatic rings. The zero-order chi connectivity index (χ0) is 22.5. The molecule has 0 spiro atoms. The first-order chi connectivity index (χ1) is 15.5. The molecule has 32 heavy (non-hydrogen) atoms. The Kier molecular flexibility index (Phi) is 5.76. The second-order valence-electron chi connectivity index (χ2n) is 6.85. The molecule has 0 unspecified atom stereocenters. The van der Waals surface area contributed by atoms with Crippen molar-refractivity contribution in [1.29, 1.82) is 0 Å². The van der Waals surface area contributed by atoms with Gasteiger partial charge in [0.1, 0.15) is 11.4 Å². The molecule has 3 N–H and O–H groups in total. The highest BCUT2D eigenvalue weighted by atomic mass is 16.5. The van der Waals surface area contributed by atoms with Gasteiger partial charge in [0.15, 0.2) is 6.61 Å². The second-order valence-corrected chi connectivity index (χ2v) is 6.85. The second kappa shape index (κ2) is 8.97. The highest BCUT2D eigenvalue weighted by Gasteiger charge is 2.11. The predicted octanol–water partition coefficient (Wildman–Crippen LogP) is 2.48. The first-order valence-electron chi connectivity index (χ1n) is 9.56. The molecular formula is C23H18N6O3. The Morgan fingerprint density at radius 2 is 1.91 bits per heavy atom. The minimum Gasteiger partial charge on any atom is -0.482 e. The normalized spacial score (nSPS) is 10.5. The Hall–Kier alpha value is -4.71. The summed E-state index contributed by atoms with van der Waals surface area (Å²) >= 11 is 0. The number of anilines is 1. The molecule has 0 radical (unpaired) electrons. The van der Waals surface area contributed by atoms with Crippen molar-refractivity contribution in [2.75, 3.05) is 12.3 Å². The van der Waals surface area contributed by atoms with Gasteiger partial charge in [0.05, 0.1) is 24.1 Å². The average Bonchev–Trinajstić information content (AvgIpc) is 3.26. The number of nitrogen functional groups attached to an aromatic ring is 1. The van der Waals surface area contributed by atoms with Crippen molar-refractivity contribution in [2.24, 2.45) is 0 Å². The summed E-state index contributed by atoms with van der Waals surface area (Å²) in [5.74, 6) is 2.15. The van der Waals surface area contributed by atoms with E-state index in [4.69, 9.17) is 22.0 Å². The molecule has 0 aliphatic rings. The third-order valence-corrected chi connectivity index (χ3v) is 4.47. The van der Waals surface area contributed by atoms with E-state index in [1.165, 1.54) is 0 Å². The topological polar surface area (TPSA) is 129 Å². The van der Waals surface area contributed by atoms with Crippen LogP contribution in [0.4, 0.5) is 5.95 Å². The van der Waals surface area contributed by atoms with E-state index in [0.29, 0.717) is 29.4 Å². The number of carbonyl (C=O) groups is 1. The van der Waals surface area contributed by atoms with E-state index in [2.05, 4.69) is 26.2 Å². The van der Waals surface area contributed by atoms with Crippen LogP contribution in [0.1, 0.15) is 11.1 Å². The zero-order valence-corrected chi connectivity index (χ0v) is 16.8. The maximum absolute atomic E-state index is 10.7. The number of ether oxygens (including phenoxy) is 1. The predicted molar refractivity (Wildman–Crippen MR) is 118 cm³/mol. The van der Waals surface area contributed by atoms with Gasteiger partial charge in [-0.2, -0.15) is 0 Å². The van der Waals surface area contributed by atoms with E-state index in [-0.39, 0.29) is 5.95 Å². The molecule has 9 nitrogen and oxygen atoms in total. The van der Waals surface area contributed by atoms with Gasteiger partial charge in [-0.25, -0.2) is 19.4 Å². The number of carboxylic acids is 1. The van der Waals surface area contributed by atoms with Gasteiger partial charge in [-0.05, 0) is 35.9 Å². The van der Waals surface area contributed by atoms with Crippen molar-refractivity contribution >= 4 is 11.9 Å². The Bertz CT molecular complexity index is 1330. The summed E-state index contributed by atoms with van der Waals surface area (Å²) in [6.07, 6.45) is 7.23. The van der Waals surface area contributed by atoms with Crippen molar-refractivity contribution in [3.63, 3.8) is 0 Å². The summed E-state index contributed by atoms with van der Waals surface area (Å²) in [7, 11) is 0. The molecule has 0 saturated heterocycles. The summed E-state index contributed by atoms with van der Waals surface area (Å²) in [5.41, 5.74) is 10.1. The van der Waals surface area contributed by atoms with Gasteiger partial charge >= 0.3 is 5.97 Å². The number of rotatable bonds is 7. The number of hydrogen-bond donors (Lipinski definition) is 2. The Morgan fingerprint density at radius 1 is 1.09 bits per heavy atom. The van der Waals surface area contributed by atoms with E-state index in [0.717, 1.165) is 16.7 Å². The quantitative estimate of drug-likeness (QED) is 0.431. The molecule has 158 valence electrons. The zero-order valence-electron chi connectivity index (χ0n) is 16.8. The summed E-state index contributed by atoms with van der Waals surface area (Å²) in [6, 6.07) is 16.3. The fourth-order valence-corrected chi connectivity index (χ4v) is 3.07.